The summed E-state index contributed by atoms with van der Waals surface area (Å²) in [7, 11) is 0. The van der Waals surface area contributed by atoms with E-state index in [1.165, 1.54) is 0 Å². The molecule has 15 heavy (non-hydrogen) atoms. The first-order chi connectivity index (χ1) is 7.19. The largest absolute Gasteiger partial charge is 0.296 e. The third-order valence-corrected chi connectivity index (χ3v) is 2.30. The van der Waals surface area contributed by atoms with Crippen LogP contribution >= 0.6 is 0 Å². The second-order valence-electron chi connectivity index (χ2n) is 4.21. The van der Waals surface area contributed by atoms with Crippen molar-refractivity contribution in [1.82, 2.24) is 15.0 Å². The van der Waals surface area contributed by atoms with Crippen LogP contribution in [-0.2, 0) is 13.0 Å². The topological polar surface area (TPSA) is 47.8 Å². The minimum absolute atomic E-state index is 0.500. The Labute approximate surface area is 90.7 Å². The molecule has 4 heteroatoms. The highest BCUT2D eigenvalue weighted by Gasteiger charge is 2.12. The molecule has 0 radical (unpaired) electrons. The van der Waals surface area contributed by atoms with Crippen LogP contribution in [0.4, 0.5) is 0 Å². The van der Waals surface area contributed by atoms with Crippen molar-refractivity contribution in [1.29, 1.82) is 0 Å². The maximum Gasteiger partial charge on any atom is 0.172 e. The molecule has 0 saturated heterocycles. The van der Waals surface area contributed by atoms with Crippen LogP contribution in [0.1, 0.15) is 49.8 Å². The number of hydrogen-bond acceptors (Lipinski definition) is 3. The average Bonchev–Trinajstić information content (AvgIpc) is 2.57. The fourth-order valence-electron chi connectivity index (χ4n) is 1.52. The summed E-state index contributed by atoms with van der Waals surface area (Å²) in [5, 5.41) is 7.90. The third-order valence-electron chi connectivity index (χ3n) is 2.30. The van der Waals surface area contributed by atoms with E-state index in [2.05, 4.69) is 31.1 Å². The zero-order chi connectivity index (χ0) is 11.3. The minimum atomic E-state index is 0.500. The number of unbranched alkanes of at least 4 members (excludes halogenated alkanes) is 1. The van der Waals surface area contributed by atoms with Gasteiger partial charge in [-0.1, -0.05) is 32.4 Å². The Morgan fingerprint density at radius 2 is 2.20 bits per heavy atom. The highest BCUT2D eigenvalue weighted by molar-refractivity contribution is 5.73. The molecule has 84 valence electrons. The summed E-state index contributed by atoms with van der Waals surface area (Å²) in [4.78, 5) is 10.8. The van der Waals surface area contributed by atoms with Crippen molar-refractivity contribution >= 4 is 6.29 Å². The highest BCUT2D eigenvalue weighted by atomic mass is 16.1. The quantitative estimate of drug-likeness (QED) is 0.674. The van der Waals surface area contributed by atoms with Crippen LogP contribution in [-0.4, -0.2) is 21.3 Å². The van der Waals surface area contributed by atoms with E-state index in [0.717, 1.165) is 37.8 Å². The number of aldehydes is 1. The second kappa shape index (κ2) is 5.63. The zero-order valence-corrected chi connectivity index (χ0v) is 9.73. The molecule has 0 aromatic carbocycles. The monoisotopic (exact) mass is 209 g/mol. The maximum absolute atomic E-state index is 10.8. The van der Waals surface area contributed by atoms with Gasteiger partial charge in [0.15, 0.2) is 6.29 Å². The molecular weight excluding hydrogens is 190 g/mol. The third kappa shape index (κ3) is 3.15. The molecule has 0 aliphatic rings. The van der Waals surface area contributed by atoms with Gasteiger partial charge in [0.05, 0.1) is 5.69 Å². The molecule has 1 rings (SSSR count). The lowest BCUT2D eigenvalue weighted by Crippen LogP contribution is -2.09. The SMILES string of the molecule is CCCCn1nnc(C=O)c1CC(C)C. The average molecular weight is 209 g/mol. The van der Waals surface area contributed by atoms with Crippen molar-refractivity contribution in [2.24, 2.45) is 5.92 Å². The standard InChI is InChI=1S/C11H19N3O/c1-4-5-6-14-11(7-9(2)3)10(8-15)12-13-14/h8-9H,4-7H2,1-3H3. The Kier molecular flexibility index (Phi) is 4.46. The van der Waals surface area contributed by atoms with Crippen LogP contribution in [0, 0.1) is 5.92 Å². The van der Waals surface area contributed by atoms with E-state index in [1.54, 1.807) is 0 Å². The molecule has 4 nitrogen and oxygen atoms in total. The van der Waals surface area contributed by atoms with Gasteiger partial charge in [-0.15, -0.1) is 5.10 Å². The summed E-state index contributed by atoms with van der Waals surface area (Å²) in [6.07, 6.45) is 3.86. The van der Waals surface area contributed by atoms with E-state index in [4.69, 9.17) is 0 Å². The van der Waals surface area contributed by atoms with Crippen molar-refractivity contribution in [3.63, 3.8) is 0 Å². The van der Waals surface area contributed by atoms with E-state index < -0.39 is 0 Å². The van der Waals surface area contributed by atoms with E-state index in [0.29, 0.717) is 11.6 Å². The van der Waals surface area contributed by atoms with Gasteiger partial charge < -0.3 is 0 Å². The first kappa shape index (κ1) is 11.9. The lowest BCUT2D eigenvalue weighted by Gasteiger charge is -2.07. The van der Waals surface area contributed by atoms with Gasteiger partial charge in [0.1, 0.15) is 5.69 Å². The molecule has 0 bridgehead atoms. The number of rotatable bonds is 6. The van der Waals surface area contributed by atoms with Crippen molar-refractivity contribution in [2.45, 2.75) is 46.6 Å². The van der Waals surface area contributed by atoms with Crippen LogP contribution in [0.2, 0.25) is 0 Å². The first-order valence-corrected chi connectivity index (χ1v) is 5.56. The van der Waals surface area contributed by atoms with Gasteiger partial charge >= 0.3 is 0 Å². The van der Waals surface area contributed by atoms with E-state index in [1.807, 2.05) is 4.68 Å². The van der Waals surface area contributed by atoms with Crippen molar-refractivity contribution in [3.05, 3.63) is 11.4 Å². The summed E-state index contributed by atoms with van der Waals surface area (Å²) in [6, 6.07) is 0. The number of aromatic nitrogens is 3. The Hall–Kier alpha value is -1.19. The molecule has 1 heterocycles. The highest BCUT2D eigenvalue weighted by Crippen LogP contribution is 2.11. The van der Waals surface area contributed by atoms with Crippen LogP contribution in [0.5, 0.6) is 0 Å². The normalized spacial score (nSPS) is 10.9. The number of hydrogen-bond donors (Lipinski definition) is 0. The van der Waals surface area contributed by atoms with Crippen LogP contribution in [0.25, 0.3) is 0 Å². The van der Waals surface area contributed by atoms with Gasteiger partial charge in [-0.05, 0) is 18.8 Å². The molecule has 1 aromatic heterocycles. The van der Waals surface area contributed by atoms with Gasteiger partial charge in [-0.25, -0.2) is 4.68 Å². The fraction of sp³-hybridized carbons (Fsp3) is 0.727. The molecule has 0 saturated carbocycles. The van der Waals surface area contributed by atoms with Gasteiger partial charge in [0.25, 0.3) is 0 Å². The Morgan fingerprint density at radius 1 is 1.47 bits per heavy atom. The Balaban J connectivity index is 2.84. The van der Waals surface area contributed by atoms with E-state index in [9.17, 15) is 4.79 Å². The minimum Gasteiger partial charge on any atom is -0.296 e. The van der Waals surface area contributed by atoms with Gasteiger partial charge in [-0.3, -0.25) is 4.79 Å². The molecule has 0 fully saturated rings. The molecular formula is C11H19N3O. The molecule has 1 aromatic rings. The summed E-state index contributed by atoms with van der Waals surface area (Å²) in [6.45, 7) is 7.26. The predicted molar refractivity (Wildman–Crippen MR) is 58.9 cm³/mol. The van der Waals surface area contributed by atoms with Crippen molar-refractivity contribution in [2.75, 3.05) is 0 Å². The predicted octanol–water partition coefficient (Wildman–Crippen LogP) is 2.09. The van der Waals surface area contributed by atoms with Crippen molar-refractivity contribution in [3.8, 4) is 0 Å². The van der Waals surface area contributed by atoms with Crippen molar-refractivity contribution < 1.29 is 4.79 Å². The Bertz CT molecular complexity index is 318. The number of carbonyl (C=O) groups is 1. The zero-order valence-electron chi connectivity index (χ0n) is 9.73. The second-order valence-corrected chi connectivity index (χ2v) is 4.21. The van der Waals surface area contributed by atoms with Gasteiger partial charge in [0.2, 0.25) is 0 Å². The maximum atomic E-state index is 10.8. The van der Waals surface area contributed by atoms with Crippen LogP contribution in [0.15, 0.2) is 0 Å². The van der Waals surface area contributed by atoms with E-state index in [-0.39, 0.29) is 0 Å². The molecule has 0 N–H and O–H groups in total. The lowest BCUT2D eigenvalue weighted by molar-refractivity contribution is 0.111. The fourth-order valence-corrected chi connectivity index (χ4v) is 1.52. The van der Waals surface area contributed by atoms with E-state index >= 15 is 0 Å². The summed E-state index contributed by atoms with van der Waals surface area (Å²) in [5.74, 6) is 0.516. The van der Waals surface area contributed by atoms with Gasteiger partial charge in [-0.2, -0.15) is 0 Å². The summed E-state index contributed by atoms with van der Waals surface area (Å²) in [5.41, 5.74) is 1.48. The molecule has 0 aliphatic carbocycles. The Morgan fingerprint density at radius 3 is 2.73 bits per heavy atom. The lowest BCUT2D eigenvalue weighted by atomic mass is 10.1. The van der Waals surface area contributed by atoms with Crippen LogP contribution in [0.3, 0.4) is 0 Å². The molecule has 0 atom stereocenters. The van der Waals surface area contributed by atoms with Gasteiger partial charge in [0, 0.05) is 6.54 Å². The molecule has 0 aliphatic heterocycles. The summed E-state index contributed by atoms with van der Waals surface area (Å²) >= 11 is 0. The smallest absolute Gasteiger partial charge is 0.172 e. The molecule has 0 amide bonds. The number of carbonyl (C=O) groups excluding carboxylic acids is 1. The molecule has 0 unspecified atom stereocenters. The summed E-state index contributed by atoms with van der Waals surface area (Å²) < 4.78 is 1.87. The van der Waals surface area contributed by atoms with Crippen LogP contribution < -0.4 is 0 Å². The first-order valence-electron chi connectivity index (χ1n) is 5.56. The number of aryl methyl sites for hydroxylation is 1. The number of nitrogens with zero attached hydrogens (tertiary/aromatic N) is 3. The molecule has 0 spiro atoms.